The fourth-order valence-corrected chi connectivity index (χ4v) is 2.50. The highest BCUT2D eigenvalue weighted by molar-refractivity contribution is 5.94. The Labute approximate surface area is 140 Å². The Morgan fingerprint density at radius 2 is 2.00 bits per heavy atom. The van der Waals surface area contributed by atoms with E-state index < -0.39 is 23.8 Å². The average Bonchev–Trinajstić information content (AvgIpc) is 3.06. The summed E-state index contributed by atoms with van der Waals surface area (Å²) in [6.07, 6.45) is -1.25. The van der Waals surface area contributed by atoms with Crippen LogP contribution in [0.5, 0.6) is 0 Å². The Balaban J connectivity index is 1.72. The highest BCUT2D eigenvalue weighted by Crippen LogP contribution is 2.34. The van der Waals surface area contributed by atoms with Crippen molar-refractivity contribution in [1.82, 2.24) is 14.7 Å². The van der Waals surface area contributed by atoms with Crippen molar-refractivity contribution in [1.29, 1.82) is 0 Å². The molecule has 0 aliphatic heterocycles. The lowest BCUT2D eigenvalue weighted by molar-refractivity contribution is -0.139. The highest BCUT2D eigenvalue weighted by Gasteiger charge is 2.34. The molecule has 0 aliphatic carbocycles. The summed E-state index contributed by atoms with van der Waals surface area (Å²) in [5, 5.41) is 12.5. The number of aromatic nitrogens is 2. The fraction of sp³-hybridized carbons (Fsp3) is 0.176. The monoisotopic (exact) mass is 349 g/mol. The van der Waals surface area contributed by atoms with E-state index in [1.54, 1.807) is 35.1 Å². The maximum atomic E-state index is 13.0. The van der Waals surface area contributed by atoms with E-state index in [1.165, 1.54) is 18.2 Å². The van der Waals surface area contributed by atoms with Gasteiger partial charge < -0.3 is 14.8 Å². The van der Waals surface area contributed by atoms with Gasteiger partial charge in [0.15, 0.2) is 0 Å². The Bertz CT molecular complexity index is 905. The minimum atomic E-state index is -4.58. The predicted octanol–water partition coefficient (Wildman–Crippen LogP) is 2.82. The van der Waals surface area contributed by atoms with Crippen molar-refractivity contribution < 1.29 is 23.1 Å². The lowest BCUT2D eigenvalue weighted by Crippen LogP contribution is -2.29. The van der Waals surface area contributed by atoms with E-state index in [1.807, 2.05) is 0 Å². The van der Waals surface area contributed by atoms with Gasteiger partial charge in [-0.3, -0.25) is 4.79 Å². The number of imidazole rings is 1. The SMILES string of the molecule is O=C(NC[C@H](O)c1ccccc1C(F)(F)F)c1ccc2nccn2c1. The molecule has 2 aromatic heterocycles. The van der Waals surface area contributed by atoms with Crippen molar-refractivity contribution in [2.45, 2.75) is 12.3 Å². The number of halogens is 3. The average molecular weight is 349 g/mol. The number of rotatable bonds is 4. The van der Waals surface area contributed by atoms with Gasteiger partial charge in [0, 0.05) is 25.1 Å². The zero-order valence-electron chi connectivity index (χ0n) is 12.9. The molecular weight excluding hydrogens is 335 g/mol. The number of pyridine rings is 1. The van der Waals surface area contributed by atoms with Gasteiger partial charge in [-0.1, -0.05) is 18.2 Å². The number of benzene rings is 1. The van der Waals surface area contributed by atoms with Crippen LogP contribution in [0.3, 0.4) is 0 Å². The summed E-state index contributed by atoms with van der Waals surface area (Å²) in [5.41, 5.74) is -0.227. The third kappa shape index (κ3) is 3.63. The molecule has 130 valence electrons. The second-order valence-corrected chi connectivity index (χ2v) is 5.42. The van der Waals surface area contributed by atoms with Gasteiger partial charge in [-0.2, -0.15) is 13.2 Å². The summed E-state index contributed by atoms with van der Waals surface area (Å²) in [5.74, 6) is -0.501. The topological polar surface area (TPSA) is 66.6 Å². The fourth-order valence-electron chi connectivity index (χ4n) is 2.50. The summed E-state index contributed by atoms with van der Waals surface area (Å²) in [7, 11) is 0. The number of aliphatic hydroxyl groups is 1. The highest BCUT2D eigenvalue weighted by atomic mass is 19.4. The predicted molar refractivity (Wildman–Crippen MR) is 83.9 cm³/mol. The summed E-state index contributed by atoms with van der Waals surface area (Å²) < 4.78 is 40.6. The van der Waals surface area contributed by atoms with Crippen molar-refractivity contribution in [2.24, 2.45) is 0 Å². The molecule has 0 unspecified atom stereocenters. The Hall–Kier alpha value is -2.87. The van der Waals surface area contributed by atoms with Crippen LogP contribution in [0.25, 0.3) is 5.65 Å². The molecule has 2 heterocycles. The van der Waals surface area contributed by atoms with E-state index in [9.17, 15) is 23.1 Å². The third-order valence-electron chi connectivity index (χ3n) is 3.73. The van der Waals surface area contributed by atoms with Crippen LogP contribution in [-0.2, 0) is 6.18 Å². The molecule has 0 aliphatic rings. The summed E-state index contributed by atoms with van der Waals surface area (Å²) in [4.78, 5) is 16.2. The van der Waals surface area contributed by atoms with E-state index in [2.05, 4.69) is 10.3 Å². The van der Waals surface area contributed by atoms with Gasteiger partial charge in [0.2, 0.25) is 0 Å². The van der Waals surface area contributed by atoms with Gasteiger partial charge in [-0.05, 0) is 23.8 Å². The molecule has 1 atom stereocenters. The van der Waals surface area contributed by atoms with Gasteiger partial charge in [-0.25, -0.2) is 4.98 Å². The van der Waals surface area contributed by atoms with Crippen molar-refractivity contribution in [3.63, 3.8) is 0 Å². The molecule has 25 heavy (non-hydrogen) atoms. The van der Waals surface area contributed by atoms with Crippen LogP contribution >= 0.6 is 0 Å². The normalized spacial score (nSPS) is 13.0. The molecule has 5 nitrogen and oxygen atoms in total. The number of hydrogen-bond acceptors (Lipinski definition) is 3. The zero-order chi connectivity index (χ0) is 18.0. The zero-order valence-corrected chi connectivity index (χ0v) is 12.9. The quantitative estimate of drug-likeness (QED) is 0.761. The maximum Gasteiger partial charge on any atom is 0.416 e. The van der Waals surface area contributed by atoms with Crippen molar-refractivity contribution in [3.8, 4) is 0 Å². The molecule has 0 fully saturated rings. The van der Waals surface area contributed by atoms with E-state index in [0.717, 1.165) is 6.07 Å². The minimum Gasteiger partial charge on any atom is -0.387 e. The lowest BCUT2D eigenvalue weighted by Gasteiger charge is -2.18. The Morgan fingerprint density at radius 1 is 1.24 bits per heavy atom. The molecule has 8 heteroatoms. The van der Waals surface area contributed by atoms with Crippen molar-refractivity contribution in [2.75, 3.05) is 6.54 Å². The number of amides is 1. The first-order valence-electron chi connectivity index (χ1n) is 7.41. The summed E-state index contributed by atoms with van der Waals surface area (Å²) >= 11 is 0. The molecule has 2 N–H and O–H groups in total. The Kier molecular flexibility index (Phi) is 4.45. The van der Waals surface area contributed by atoms with E-state index in [4.69, 9.17) is 0 Å². The molecule has 1 amide bonds. The van der Waals surface area contributed by atoms with Crippen molar-refractivity contribution >= 4 is 11.6 Å². The van der Waals surface area contributed by atoms with Gasteiger partial charge in [0.1, 0.15) is 5.65 Å². The van der Waals surface area contributed by atoms with E-state index >= 15 is 0 Å². The largest absolute Gasteiger partial charge is 0.416 e. The molecule has 3 aromatic rings. The van der Waals surface area contributed by atoms with Gasteiger partial charge >= 0.3 is 6.18 Å². The lowest BCUT2D eigenvalue weighted by atomic mass is 10.0. The number of nitrogens with zero attached hydrogens (tertiary/aromatic N) is 2. The van der Waals surface area contributed by atoms with Crippen LogP contribution in [0.4, 0.5) is 13.2 Å². The number of aliphatic hydroxyl groups excluding tert-OH is 1. The molecule has 0 radical (unpaired) electrons. The minimum absolute atomic E-state index is 0.277. The van der Waals surface area contributed by atoms with Crippen LogP contribution in [0.1, 0.15) is 27.6 Å². The standard InChI is InChI=1S/C17H14F3N3O2/c18-17(19,20)13-4-2-1-3-12(13)14(24)9-22-16(25)11-5-6-15-21-7-8-23(15)10-11/h1-8,10,14,24H,9H2,(H,22,25)/t14-/m0/s1. The van der Waals surface area contributed by atoms with E-state index in [0.29, 0.717) is 11.2 Å². The maximum absolute atomic E-state index is 13.0. The molecule has 0 bridgehead atoms. The molecule has 0 saturated heterocycles. The second-order valence-electron chi connectivity index (χ2n) is 5.42. The van der Waals surface area contributed by atoms with Crippen LogP contribution in [-0.4, -0.2) is 26.9 Å². The van der Waals surface area contributed by atoms with Gasteiger partial charge in [0.25, 0.3) is 5.91 Å². The molecular formula is C17H14F3N3O2. The Morgan fingerprint density at radius 3 is 2.76 bits per heavy atom. The van der Waals surface area contributed by atoms with E-state index in [-0.39, 0.29) is 12.1 Å². The summed E-state index contributed by atoms with van der Waals surface area (Å²) in [6.45, 7) is -0.339. The smallest absolute Gasteiger partial charge is 0.387 e. The number of nitrogens with one attached hydrogen (secondary N) is 1. The van der Waals surface area contributed by atoms with Gasteiger partial charge in [0.05, 0.1) is 17.2 Å². The first-order valence-corrected chi connectivity index (χ1v) is 7.41. The number of carbonyl (C=O) groups excluding carboxylic acids is 1. The number of carbonyl (C=O) groups is 1. The van der Waals surface area contributed by atoms with Crippen LogP contribution in [0, 0.1) is 0 Å². The van der Waals surface area contributed by atoms with Crippen molar-refractivity contribution in [3.05, 3.63) is 71.7 Å². The molecule has 3 rings (SSSR count). The molecule has 0 saturated carbocycles. The number of alkyl halides is 3. The van der Waals surface area contributed by atoms with Gasteiger partial charge in [-0.15, -0.1) is 0 Å². The third-order valence-corrected chi connectivity index (χ3v) is 3.73. The van der Waals surface area contributed by atoms with Crippen LogP contribution in [0.15, 0.2) is 55.0 Å². The number of hydrogen-bond donors (Lipinski definition) is 2. The molecule has 1 aromatic carbocycles. The number of fused-ring (bicyclic) bond motifs is 1. The second kappa shape index (κ2) is 6.56. The first-order chi connectivity index (χ1) is 11.9. The molecule has 0 spiro atoms. The van der Waals surface area contributed by atoms with Crippen LogP contribution < -0.4 is 5.32 Å². The van der Waals surface area contributed by atoms with Crippen LogP contribution in [0.2, 0.25) is 0 Å². The first kappa shape index (κ1) is 17.0. The summed E-state index contributed by atoms with van der Waals surface area (Å²) in [6, 6.07) is 7.93.